The molecule has 0 aliphatic carbocycles. The number of amides is 1. The van der Waals surface area contributed by atoms with Crippen LogP contribution in [0, 0.1) is 0 Å². The molecule has 1 amide bonds. The van der Waals surface area contributed by atoms with Crippen LogP contribution in [0.4, 0.5) is 4.79 Å². The third-order valence-electron chi connectivity index (χ3n) is 3.87. The number of methoxy groups -OCH3 is 1. The first-order valence-corrected chi connectivity index (χ1v) is 6.99. The minimum absolute atomic E-state index is 0. The van der Waals surface area contributed by atoms with Gasteiger partial charge in [0, 0.05) is 13.1 Å². The lowest BCUT2D eigenvalue weighted by Gasteiger charge is -2.27. The molecule has 0 spiro atoms. The van der Waals surface area contributed by atoms with Crippen molar-refractivity contribution >= 4 is 12.3 Å². The maximum absolute atomic E-state index is 12.4. The summed E-state index contributed by atoms with van der Waals surface area (Å²) in [5, 5.41) is 4.07. The number of aldehydes is 1. The molecule has 0 saturated heterocycles. The fourth-order valence-electron chi connectivity index (χ4n) is 2.75. The highest BCUT2D eigenvalue weighted by molar-refractivity contribution is 5.83. The molecule has 0 bridgehead atoms. The minimum Gasteiger partial charge on any atom is -1.00 e. The molecular weight excluding hydrogens is 411 g/mol. The molecule has 0 fully saturated rings. The van der Waals surface area contributed by atoms with E-state index in [-0.39, 0.29) is 30.0 Å². The quantitative estimate of drug-likeness (QED) is 0.303. The standard InChI is InChI=1S/C15H17N4O3.HI/c1-17-7-8-19(16-17)15(21)18-6-5-12-11(9-18)3-4-14(22-2)13(12)10-20;/h3-4,7-8,10H,5-6,9H2,1-2H3;1H/q+1;/p-1. The molecule has 7 nitrogen and oxygen atoms in total. The summed E-state index contributed by atoms with van der Waals surface area (Å²) in [7, 11) is 3.31. The topological polar surface area (TPSA) is 68.3 Å². The number of fused-ring (bicyclic) bond motifs is 1. The molecule has 1 aliphatic heterocycles. The van der Waals surface area contributed by atoms with Crippen LogP contribution in [-0.4, -0.2) is 40.8 Å². The molecule has 8 heteroatoms. The zero-order valence-electron chi connectivity index (χ0n) is 12.9. The summed E-state index contributed by atoms with van der Waals surface area (Å²) in [6.07, 6.45) is 4.79. The van der Waals surface area contributed by atoms with Gasteiger partial charge >= 0.3 is 6.03 Å². The van der Waals surface area contributed by atoms with E-state index >= 15 is 0 Å². The number of benzene rings is 1. The van der Waals surface area contributed by atoms with Crippen molar-refractivity contribution in [3.63, 3.8) is 0 Å². The highest BCUT2D eigenvalue weighted by Crippen LogP contribution is 2.28. The Kier molecular flexibility index (Phi) is 5.34. The second-order valence-electron chi connectivity index (χ2n) is 5.20. The van der Waals surface area contributed by atoms with Gasteiger partial charge < -0.3 is 28.7 Å². The number of halogens is 1. The van der Waals surface area contributed by atoms with E-state index in [4.69, 9.17) is 4.74 Å². The normalized spacial score (nSPS) is 13.0. The number of ether oxygens (including phenoxy) is 1. The molecule has 0 unspecified atom stereocenters. The van der Waals surface area contributed by atoms with Gasteiger partial charge in [-0.15, -0.1) is 4.68 Å². The Bertz CT molecular complexity index is 744. The van der Waals surface area contributed by atoms with Crippen molar-refractivity contribution < 1.29 is 43.0 Å². The first-order valence-electron chi connectivity index (χ1n) is 6.99. The molecule has 1 aliphatic rings. The molecule has 3 rings (SSSR count). The summed E-state index contributed by atoms with van der Waals surface area (Å²) in [6, 6.07) is 3.50. The Balaban J connectivity index is 0.00000192. The van der Waals surface area contributed by atoms with Crippen LogP contribution >= 0.6 is 0 Å². The maximum Gasteiger partial charge on any atom is 0.436 e. The van der Waals surface area contributed by atoms with Gasteiger partial charge in [-0.05, 0) is 28.3 Å². The van der Waals surface area contributed by atoms with Crippen molar-refractivity contribution in [3.05, 3.63) is 41.2 Å². The van der Waals surface area contributed by atoms with Gasteiger partial charge in [0.25, 0.3) is 0 Å². The van der Waals surface area contributed by atoms with Crippen LogP contribution in [0.2, 0.25) is 0 Å². The lowest BCUT2D eigenvalue weighted by atomic mass is 9.94. The molecule has 2 heterocycles. The van der Waals surface area contributed by atoms with Crippen LogP contribution < -0.4 is 33.4 Å². The van der Waals surface area contributed by atoms with E-state index in [1.54, 1.807) is 42.2 Å². The Morgan fingerprint density at radius 1 is 1.43 bits per heavy atom. The second kappa shape index (κ2) is 7.07. The van der Waals surface area contributed by atoms with Gasteiger partial charge in [-0.1, -0.05) is 6.07 Å². The summed E-state index contributed by atoms with van der Waals surface area (Å²) in [5.41, 5.74) is 2.51. The monoisotopic (exact) mass is 428 g/mol. The minimum atomic E-state index is -0.172. The van der Waals surface area contributed by atoms with Crippen molar-refractivity contribution in [1.29, 1.82) is 0 Å². The summed E-state index contributed by atoms with van der Waals surface area (Å²) in [5.74, 6) is 0.577. The van der Waals surface area contributed by atoms with Gasteiger partial charge in [0.1, 0.15) is 12.8 Å². The van der Waals surface area contributed by atoms with Crippen LogP contribution in [0.5, 0.6) is 5.75 Å². The zero-order valence-corrected chi connectivity index (χ0v) is 15.1. The van der Waals surface area contributed by atoms with E-state index in [0.29, 0.717) is 30.8 Å². The van der Waals surface area contributed by atoms with Gasteiger partial charge in [0.2, 0.25) is 0 Å². The average molecular weight is 428 g/mol. The number of carbonyl (C=O) groups excluding carboxylic acids is 2. The molecule has 23 heavy (non-hydrogen) atoms. The molecule has 0 saturated carbocycles. The first kappa shape index (κ1) is 17.4. The van der Waals surface area contributed by atoms with Crippen molar-refractivity contribution in [3.8, 4) is 5.75 Å². The highest BCUT2D eigenvalue weighted by atomic mass is 127. The Labute approximate surface area is 150 Å². The Hall–Kier alpha value is -1.97. The van der Waals surface area contributed by atoms with E-state index in [2.05, 4.69) is 5.21 Å². The molecule has 0 N–H and O–H groups in total. The summed E-state index contributed by atoms with van der Waals surface area (Å²) < 4.78 is 8.11. The third-order valence-corrected chi connectivity index (χ3v) is 3.87. The third kappa shape index (κ3) is 3.21. The largest absolute Gasteiger partial charge is 1.00 e. The molecule has 2 aromatic rings. The lowest BCUT2D eigenvalue weighted by Crippen LogP contribution is -3.00. The van der Waals surface area contributed by atoms with E-state index in [1.807, 2.05) is 6.07 Å². The molecule has 0 radical (unpaired) electrons. The van der Waals surface area contributed by atoms with Gasteiger partial charge in [-0.2, -0.15) is 0 Å². The molecule has 1 aromatic heterocycles. The average Bonchev–Trinajstić information content (AvgIpc) is 2.98. The van der Waals surface area contributed by atoms with E-state index in [1.165, 1.54) is 4.68 Å². The Morgan fingerprint density at radius 3 is 2.83 bits per heavy atom. The zero-order chi connectivity index (χ0) is 15.7. The van der Waals surface area contributed by atoms with Crippen LogP contribution in [0.25, 0.3) is 0 Å². The summed E-state index contributed by atoms with van der Waals surface area (Å²) in [6.45, 7) is 1.01. The summed E-state index contributed by atoms with van der Waals surface area (Å²) >= 11 is 0. The molecular formula is C15H17IN4O3. The van der Waals surface area contributed by atoms with E-state index in [9.17, 15) is 9.59 Å². The molecule has 122 valence electrons. The predicted octanol–water partition coefficient (Wildman–Crippen LogP) is -2.44. The van der Waals surface area contributed by atoms with Gasteiger partial charge in [0.05, 0.1) is 17.9 Å². The number of hydrogen-bond donors (Lipinski definition) is 0. The number of aryl methyl sites for hydroxylation is 1. The number of rotatable bonds is 2. The highest BCUT2D eigenvalue weighted by Gasteiger charge is 2.28. The van der Waals surface area contributed by atoms with Crippen molar-refractivity contribution in [2.24, 2.45) is 7.05 Å². The SMILES string of the molecule is COc1ccc2c(c1C=O)CCN(C(=O)n1cc[n+](C)n1)C2.[I-]. The van der Waals surface area contributed by atoms with E-state index in [0.717, 1.165) is 17.4 Å². The lowest BCUT2D eigenvalue weighted by molar-refractivity contribution is -0.731. The fourth-order valence-corrected chi connectivity index (χ4v) is 2.75. The predicted molar refractivity (Wildman–Crippen MR) is 76.7 cm³/mol. The van der Waals surface area contributed by atoms with Gasteiger partial charge in [0.15, 0.2) is 18.7 Å². The van der Waals surface area contributed by atoms with Crippen LogP contribution in [0.15, 0.2) is 24.5 Å². The van der Waals surface area contributed by atoms with Crippen molar-refractivity contribution in [1.82, 2.24) is 14.8 Å². The van der Waals surface area contributed by atoms with Crippen molar-refractivity contribution in [2.45, 2.75) is 13.0 Å². The number of aromatic nitrogens is 3. The van der Waals surface area contributed by atoms with Crippen molar-refractivity contribution in [2.75, 3.05) is 13.7 Å². The van der Waals surface area contributed by atoms with Crippen LogP contribution in [-0.2, 0) is 20.0 Å². The maximum atomic E-state index is 12.4. The smallest absolute Gasteiger partial charge is 0.436 e. The van der Waals surface area contributed by atoms with E-state index < -0.39 is 0 Å². The van der Waals surface area contributed by atoms with Gasteiger partial charge in [-0.3, -0.25) is 9.69 Å². The number of hydrogen-bond acceptors (Lipinski definition) is 4. The second-order valence-corrected chi connectivity index (χ2v) is 5.20. The number of carbonyl (C=O) groups is 2. The molecule has 1 aromatic carbocycles. The Morgan fingerprint density at radius 2 is 2.22 bits per heavy atom. The molecule has 0 atom stereocenters. The first-order chi connectivity index (χ1) is 10.6. The van der Waals surface area contributed by atoms with Crippen LogP contribution in [0.3, 0.4) is 0 Å². The van der Waals surface area contributed by atoms with Gasteiger partial charge in [-0.25, -0.2) is 4.79 Å². The fraction of sp³-hybridized carbons (Fsp3) is 0.333. The summed E-state index contributed by atoms with van der Waals surface area (Å²) in [4.78, 5) is 25.5. The van der Waals surface area contributed by atoms with Crippen LogP contribution in [0.1, 0.15) is 21.5 Å². The number of nitrogens with zero attached hydrogens (tertiary/aromatic N) is 4.